The number of quaternary nitrogens is 1. The predicted octanol–water partition coefficient (Wildman–Crippen LogP) is 0.840. The number of amides is 1. The number of nitrogens with two attached hydrogens (primary N) is 1. The molecule has 1 aliphatic rings. The molecule has 0 aliphatic carbocycles. The summed E-state index contributed by atoms with van der Waals surface area (Å²) >= 11 is 1.44. The third-order valence-electron chi connectivity index (χ3n) is 5.92. The second kappa shape index (κ2) is 8.22. The van der Waals surface area contributed by atoms with Gasteiger partial charge in [-0.15, -0.1) is 11.3 Å². The number of hydrogen-bond donors (Lipinski definition) is 2. The van der Waals surface area contributed by atoms with E-state index in [9.17, 15) is 14.4 Å². The van der Waals surface area contributed by atoms with E-state index in [1.165, 1.54) is 26.4 Å². The van der Waals surface area contributed by atoms with Gasteiger partial charge in [-0.25, -0.2) is 9.36 Å². The molecule has 0 bridgehead atoms. The average molecular weight is 448 g/mol. The molecule has 4 aromatic rings. The lowest BCUT2D eigenvalue weighted by Gasteiger charge is -2.23. The Morgan fingerprint density at radius 3 is 2.41 bits per heavy atom. The van der Waals surface area contributed by atoms with Gasteiger partial charge in [0.2, 0.25) is 5.91 Å². The molecule has 3 heterocycles. The molecule has 0 radical (unpaired) electrons. The zero-order chi connectivity index (χ0) is 22.2. The standard InChI is InChI=1S/C24H22N4O3S/c25-20(29)15-27-23-21(22(30)28(24(27)31)17-9-5-2-6-10-17)18-11-12-26(14-19(18)32-23)13-16-7-3-1-4-8-16/h1-10H,11-15H2,(H2,25,29)/p+1. The third kappa shape index (κ3) is 3.57. The van der Waals surface area contributed by atoms with Gasteiger partial charge in [0.25, 0.3) is 5.56 Å². The molecule has 0 fully saturated rings. The lowest BCUT2D eigenvalue weighted by atomic mass is 10.0. The Morgan fingerprint density at radius 2 is 1.72 bits per heavy atom. The zero-order valence-corrected chi connectivity index (χ0v) is 18.2. The van der Waals surface area contributed by atoms with Crippen LogP contribution in [0.4, 0.5) is 0 Å². The summed E-state index contributed by atoms with van der Waals surface area (Å²) in [5.41, 5.74) is 7.33. The van der Waals surface area contributed by atoms with Crippen LogP contribution in [0.1, 0.15) is 16.0 Å². The number of nitrogens with zero attached hydrogens (tertiary/aromatic N) is 2. The Balaban J connectivity index is 1.66. The lowest BCUT2D eigenvalue weighted by Crippen LogP contribution is -3.10. The first-order valence-corrected chi connectivity index (χ1v) is 11.4. The maximum Gasteiger partial charge on any atom is 0.337 e. The lowest BCUT2D eigenvalue weighted by molar-refractivity contribution is -0.929. The molecule has 32 heavy (non-hydrogen) atoms. The van der Waals surface area contributed by atoms with Crippen molar-refractivity contribution < 1.29 is 9.69 Å². The number of nitrogens with one attached hydrogen (secondary N) is 1. The van der Waals surface area contributed by atoms with Crippen molar-refractivity contribution in [3.63, 3.8) is 0 Å². The van der Waals surface area contributed by atoms with Crippen LogP contribution < -0.4 is 21.9 Å². The Kier molecular flexibility index (Phi) is 5.24. The van der Waals surface area contributed by atoms with Gasteiger partial charge >= 0.3 is 5.69 Å². The highest BCUT2D eigenvalue weighted by Crippen LogP contribution is 2.30. The summed E-state index contributed by atoms with van der Waals surface area (Å²) in [6, 6.07) is 19.1. The van der Waals surface area contributed by atoms with Crippen LogP contribution in [-0.2, 0) is 30.8 Å². The summed E-state index contributed by atoms with van der Waals surface area (Å²) in [4.78, 5) is 41.6. The summed E-state index contributed by atoms with van der Waals surface area (Å²) in [6.07, 6.45) is 0.746. The van der Waals surface area contributed by atoms with E-state index < -0.39 is 11.6 Å². The van der Waals surface area contributed by atoms with Gasteiger partial charge in [-0.05, 0) is 17.7 Å². The normalized spacial score (nSPS) is 15.6. The summed E-state index contributed by atoms with van der Waals surface area (Å²) in [5.74, 6) is -0.616. The Bertz CT molecular complexity index is 1420. The summed E-state index contributed by atoms with van der Waals surface area (Å²) < 4.78 is 2.51. The first-order chi connectivity index (χ1) is 15.5. The molecule has 3 N–H and O–H groups in total. The largest absolute Gasteiger partial charge is 0.368 e. The topological polar surface area (TPSA) is 91.5 Å². The quantitative estimate of drug-likeness (QED) is 0.475. The fourth-order valence-electron chi connectivity index (χ4n) is 4.47. The molecule has 162 valence electrons. The second-order valence-corrected chi connectivity index (χ2v) is 9.17. The molecular weight excluding hydrogens is 424 g/mol. The molecule has 5 rings (SSSR count). The highest BCUT2D eigenvalue weighted by Gasteiger charge is 2.28. The van der Waals surface area contributed by atoms with Gasteiger partial charge in [-0.2, -0.15) is 0 Å². The molecule has 0 saturated carbocycles. The van der Waals surface area contributed by atoms with Gasteiger partial charge in [-0.3, -0.25) is 14.2 Å². The Labute approximate surface area is 187 Å². The molecule has 0 spiro atoms. The Hall–Kier alpha value is -3.49. The van der Waals surface area contributed by atoms with Crippen LogP contribution in [0.3, 0.4) is 0 Å². The monoisotopic (exact) mass is 447 g/mol. The fourth-order valence-corrected chi connectivity index (χ4v) is 5.88. The molecule has 8 heteroatoms. The van der Waals surface area contributed by atoms with Gasteiger partial charge < -0.3 is 10.6 Å². The van der Waals surface area contributed by atoms with Crippen molar-refractivity contribution in [2.75, 3.05) is 6.54 Å². The molecule has 0 saturated heterocycles. The fraction of sp³-hybridized carbons (Fsp3) is 0.208. The number of rotatable bonds is 5. The molecule has 7 nitrogen and oxygen atoms in total. The van der Waals surface area contributed by atoms with Crippen LogP contribution >= 0.6 is 11.3 Å². The molecule has 1 aliphatic heterocycles. The highest BCUT2D eigenvalue weighted by atomic mass is 32.1. The number of hydrogen-bond acceptors (Lipinski definition) is 4. The first kappa shape index (κ1) is 20.4. The number of primary amides is 1. The number of carbonyl (C=O) groups excluding carboxylic acids is 1. The average Bonchev–Trinajstić information content (AvgIpc) is 3.17. The van der Waals surface area contributed by atoms with Gasteiger partial charge in [0.1, 0.15) is 24.5 Å². The number of aromatic nitrogens is 2. The molecule has 1 atom stereocenters. The minimum absolute atomic E-state index is 0.261. The number of fused-ring (bicyclic) bond motifs is 3. The maximum absolute atomic E-state index is 13.5. The van der Waals surface area contributed by atoms with Gasteiger partial charge in [-0.1, -0.05) is 48.5 Å². The van der Waals surface area contributed by atoms with E-state index in [1.54, 1.807) is 24.3 Å². The van der Waals surface area contributed by atoms with Crippen molar-refractivity contribution in [1.29, 1.82) is 0 Å². The number of thiophene rings is 1. The van der Waals surface area contributed by atoms with Crippen molar-refractivity contribution in [3.05, 3.63) is 97.5 Å². The van der Waals surface area contributed by atoms with Crippen molar-refractivity contribution in [3.8, 4) is 5.69 Å². The van der Waals surface area contributed by atoms with Crippen LogP contribution in [0.25, 0.3) is 15.9 Å². The number of para-hydroxylation sites is 1. The van der Waals surface area contributed by atoms with E-state index in [1.807, 2.05) is 24.3 Å². The number of carbonyl (C=O) groups is 1. The van der Waals surface area contributed by atoms with E-state index >= 15 is 0 Å². The SMILES string of the molecule is NC(=O)Cn1c(=O)n(-c2ccccc2)c(=O)c2c3c(sc21)C[NH+](Cc1ccccc1)CC3. The molecule has 2 aromatic carbocycles. The van der Waals surface area contributed by atoms with E-state index in [4.69, 9.17) is 5.73 Å². The molecule has 1 amide bonds. The van der Waals surface area contributed by atoms with Gasteiger partial charge in [0.05, 0.1) is 22.5 Å². The zero-order valence-electron chi connectivity index (χ0n) is 17.4. The van der Waals surface area contributed by atoms with Crippen molar-refractivity contribution >= 4 is 27.5 Å². The highest BCUT2D eigenvalue weighted by molar-refractivity contribution is 7.18. The number of benzene rings is 2. The second-order valence-electron chi connectivity index (χ2n) is 8.08. The molecular formula is C24H23N4O3S+. The van der Waals surface area contributed by atoms with Crippen molar-refractivity contribution in [2.24, 2.45) is 5.73 Å². The van der Waals surface area contributed by atoms with Crippen LogP contribution in [-0.4, -0.2) is 21.6 Å². The van der Waals surface area contributed by atoms with Crippen molar-refractivity contribution in [2.45, 2.75) is 26.1 Å². The van der Waals surface area contributed by atoms with E-state index in [0.29, 0.717) is 15.9 Å². The van der Waals surface area contributed by atoms with Crippen LogP contribution in [0.5, 0.6) is 0 Å². The van der Waals surface area contributed by atoms with Crippen LogP contribution in [0.15, 0.2) is 70.3 Å². The predicted molar refractivity (Wildman–Crippen MR) is 124 cm³/mol. The summed E-state index contributed by atoms with van der Waals surface area (Å²) in [5, 5.41) is 0.536. The maximum atomic E-state index is 13.5. The third-order valence-corrected chi connectivity index (χ3v) is 7.18. The van der Waals surface area contributed by atoms with E-state index in [2.05, 4.69) is 12.1 Å². The van der Waals surface area contributed by atoms with Crippen molar-refractivity contribution in [1.82, 2.24) is 9.13 Å². The van der Waals surface area contributed by atoms with Gasteiger partial charge in [0.15, 0.2) is 0 Å². The minimum atomic E-state index is -0.616. The summed E-state index contributed by atoms with van der Waals surface area (Å²) in [7, 11) is 0. The van der Waals surface area contributed by atoms with Crippen LogP contribution in [0, 0.1) is 0 Å². The summed E-state index contributed by atoms with van der Waals surface area (Å²) in [6.45, 7) is 2.31. The van der Waals surface area contributed by atoms with Crippen LogP contribution in [0.2, 0.25) is 0 Å². The van der Waals surface area contributed by atoms with Gasteiger partial charge in [0, 0.05) is 12.0 Å². The van der Waals surface area contributed by atoms with E-state index in [-0.39, 0.29) is 12.1 Å². The van der Waals surface area contributed by atoms with E-state index in [0.717, 1.165) is 41.1 Å². The smallest absolute Gasteiger partial charge is 0.337 e. The molecule has 1 unspecified atom stereocenters. The first-order valence-electron chi connectivity index (χ1n) is 10.5. The Morgan fingerprint density at radius 1 is 1.03 bits per heavy atom. The molecule has 2 aromatic heterocycles. The minimum Gasteiger partial charge on any atom is -0.368 e.